The lowest BCUT2D eigenvalue weighted by atomic mass is 10.1. The van der Waals surface area contributed by atoms with Crippen molar-refractivity contribution in [2.45, 2.75) is 6.54 Å². The van der Waals surface area contributed by atoms with E-state index in [1.165, 1.54) is 17.2 Å². The Bertz CT molecular complexity index is 669. The van der Waals surface area contributed by atoms with Gasteiger partial charge in [-0.2, -0.15) is 11.8 Å². The van der Waals surface area contributed by atoms with Crippen LogP contribution in [-0.2, 0) is 6.54 Å². The van der Waals surface area contributed by atoms with Crippen LogP contribution < -0.4 is 10.2 Å². The van der Waals surface area contributed by atoms with Crippen molar-refractivity contribution in [3.8, 4) is 0 Å². The molecule has 2 aromatic carbocycles. The lowest BCUT2D eigenvalue weighted by Crippen LogP contribution is -2.32. The third kappa shape index (κ3) is 4.52. The minimum Gasteiger partial charge on any atom is -0.370 e. The predicted molar refractivity (Wildman–Crippen MR) is 101 cm³/mol. The topological polar surface area (TPSA) is 32.3 Å². The van der Waals surface area contributed by atoms with Gasteiger partial charge in [0, 0.05) is 46.9 Å². The van der Waals surface area contributed by atoms with Gasteiger partial charge < -0.3 is 10.2 Å². The van der Waals surface area contributed by atoms with E-state index in [1.807, 2.05) is 36.0 Å². The molecule has 0 atom stereocenters. The Morgan fingerprint density at radius 2 is 1.87 bits per heavy atom. The first-order valence-electron chi connectivity index (χ1n) is 7.68. The van der Waals surface area contributed by atoms with Gasteiger partial charge in [0.1, 0.15) is 0 Å². The summed E-state index contributed by atoms with van der Waals surface area (Å²) in [4.78, 5) is 14.6. The Kier molecular flexibility index (Phi) is 5.62. The molecule has 0 radical (unpaired) electrons. The summed E-state index contributed by atoms with van der Waals surface area (Å²) in [5, 5.41) is 2.96. The first kappa shape index (κ1) is 16.4. The minimum absolute atomic E-state index is 0.0524. The molecular formula is C18H19BrN2OS. The lowest BCUT2D eigenvalue weighted by Gasteiger charge is -2.28. The average Bonchev–Trinajstić information content (AvgIpc) is 2.61. The van der Waals surface area contributed by atoms with Crippen molar-refractivity contribution >= 4 is 39.3 Å². The van der Waals surface area contributed by atoms with E-state index in [9.17, 15) is 4.79 Å². The van der Waals surface area contributed by atoms with Crippen LogP contribution in [0.1, 0.15) is 15.9 Å². The van der Waals surface area contributed by atoms with E-state index in [0.717, 1.165) is 23.1 Å². The first-order chi connectivity index (χ1) is 11.2. The maximum atomic E-state index is 12.1. The van der Waals surface area contributed by atoms with Crippen LogP contribution in [0.4, 0.5) is 5.69 Å². The van der Waals surface area contributed by atoms with Crippen LogP contribution in [-0.4, -0.2) is 30.5 Å². The number of carbonyl (C=O) groups excluding carboxylic acids is 1. The number of carbonyl (C=O) groups is 1. The summed E-state index contributed by atoms with van der Waals surface area (Å²) < 4.78 is 0.911. The molecule has 5 heteroatoms. The van der Waals surface area contributed by atoms with Crippen molar-refractivity contribution in [2.75, 3.05) is 29.5 Å². The van der Waals surface area contributed by atoms with Crippen LogP contribution >= 0.6 is 27.7 Å². The van der Waals surface area contributed by atoms with Gasteiger partial charge in [-0.3, -0.25) is 4.79 Å². The highest BCUT2D eigenvalue weighted by Gasteiger charge is 2.11. The molecule has 1 heterocycles. The molecule has 0 aromatic heterocycles. The second kappa shape index (κ2) is 7.88. The maximum absolute atomic E-state index is 12.1. The first-order valence-corrected chi connectivity index (χ1v) is 9.62. The smallest absolute Gasteiger partial charge is 0.251 e. The number of thioether (sulfide) groups is 1. The third-order valence-corrected chi connectivity index (χ3v) is 5.29. The summed E-state index contributed by atoms with van der Waals surface area (Å²) in [7, 11) is 0. The number of halogens is 1. The Balaban J connectivity index is 1.57. The lowest BCUT2D eigenvalue weighted by molar-refractivity contribution is 0.0951. The van der Waals surface area contributed by atoms with Gasteiger partial charge in [-0.1, -0.05) is 34.1 Å². The molecule has 0 saturated carbocycles. The highest BCUT2D eigenvalue weighted by Crippen LogP contribution is 2.20. The van der Waals surface area contributed by atoms with Crippen LogP contribution in [0.5, 0.6) is 0 Å². The molecule has 1 saturated heterocycles. The van der Waals surface area contributed by atoms with Crippen molar-refractivity contribution in [3.63, 3.8) is 0 Å². The number of hydrogen-bond acceptors (Lipinski definition) is 3. The van der Waals surface area contributed by atoms with Gasteiger partial charge in [-0.25, -0.2) is 0 Å². The average molecular weight is 391 g/mol. The number of anilines is 1. The zero-order valence-electron chi connectivity index (χ0n) is 12.8. The predicted octanol–water partition coefficient (Wildman–Crippen LogP) is 3.93. The number of nitrogens with one attached hydrogen (secondary N) is 1. The van der Waals surface area contributed by atoms with Gasteiger partial charge in [0.25, 0.3) is 5.91 Å². The van der Waals surface area contributed by atoms with Gasteiger partial charge in [0.2, 0.25) is 0 Å². The highest BCUT2D eigenvalue weighted by atomic mass is 79.9. The molecule has 0 spiro atoms. The molecule has 3 nitrogen and oxygen atoms in total. The van der Waals surface area contributed by atoms with Gasteiger partial charge >= 0.3 is 0 Å². The summed E-state index contributed by atoms with van der Waals surface area (Å²) in [6.45, 7) is 2.77. The minimum atomic E-state index is -0.0524. The molecule has 0 bridgehead atoms. The Labute approximate surface area is 149 Å². The van der Waals surface area contributed by atoms with Crippen LogP contribution in [0.2, 0.25) is 0 Å². The van der Waals surface area contributed by atoms with E-state index < -0.39 is 0 Å². The summed E-state index contributed by atoms with van der Waals surface area (Å²) in [6, 6.07) is 15.9. The van der Waals surface area contributed by atoms with Crippen molar-refractivity contribution in [1.29, 1.82) is 0 Å². The number of benzene rings is 2. The number of amides is 1. The van der Waals surface area contributed by atoms with Crippen LogP contribution in [0, 0.1) is 0 Å². The van der Waals surface area contributed by atoms with Gasteiger partial charge in [0.05, 0.1) is 0 Å². The Hall–Kier alpha value is -1.46. The Morgan fingerprint density at radius 1 is 1.13 bits per heavy atom. The third-order valence-electron chi connectivity index (χ3n) is 3.85. The fourth-order valence-corrected chi connectivity index (χ4v) is 3.86. The standard InChI is InChI=1S/C18H19BrN2OS/c19-16-3-1-2-15(12-16)18(22)20-13-14-4-6-17(7-5-14)21-8-10-23-11-9-21/h1-7,12H,8-11,13H2,(H,20,22). The molecule has 1 amide bonds. The molecule has 2 aromatic rings. The van der Waals surface area contributed by atoms with Crippen molar-refractivity contribution < 1.29 is 4.79 Å². The van der Waals surface area contributed by atoms with Gasteiger partial charge in [0.15, 0.2) is 0 Å². The van der Waals surface area contributed by atoms with Crippen molar-refractivity contribution in [2.24, 2.45) is 0 Å². The van der Waals surface area contributed by atoms with E-state index in [0.29, 0.717) is 12.1 Å². The van der Waals surface area contributed by atoms with E-state index >= 15 is 0 Å². The number of hydrogen-bond donors (Lipinski definition) is 1. The molecule has 3 rings (SSSR count). The van der Waals surface area contributed by atoms with E-state index in [-0.39, 0.29) is 5.91 Å². The molecule has 120 valence electrons. The summed E-state index contributed by atoms with van der Waals surface area (Å²) in [5.74, 6) is 2.35. The van der Waals surface area contributed by atoms with Crippen molar-refractivity contribution in [3.05, 3.63) is 64.1 Å². The molecular weight excluding hydrogens is 372 g/mol. The Morgan fingerprint density at radius 3 is 2.57 bits per heavy atom. The van der Waals surface area contributed by atoms with Gasteiger partial charge in [-0.15, -0.1) is 0 Å². The van der Waals surface area contributed by atoms with Crippen molar-refractivity contribution in [1.82, 2.24) is 5.32 Å². The molecule has 1 aliphatic rings. The SMILES string of the molecule is O=C(NCc1ccc(N2CCSCC2)cc1)c1cccc(Br)c1. The second-order valence-electron chi connectivity index (χ2n) is 5.46. The summed E-state index contributed by atoms with van der Waals surface area (Å²) >= 11 is 5.40. The molecule has 1 aliphatic heterocycles. The molecule has 0 unspecified atom stereocenters. The monoisotopic (exact) mass is 390 g/mol. The summed E-state index contributed by atoms with van der Waals surface area (Å²) in [6.07, 6.45) is 0. The zero-order valence-corrected chi connectivity index (χ0v) is 15.2. The van der Waals surface area contributed by atoms with E-state index in [4.69, 9.17) is 0 Å². The highest BCUT2D eigenvalue weighted by molar-refractivity contribution is 9.10. The number of nitrogens with zero attached hydrogens (tertiary/aromatic N) is 1. The zero-order chi connectivity index (χ0) is 16.1. The largest absolute Gasteiger partial charge is 0.370 e. The van der Waals surface area contributed by atoms with E-state index in [2.05, 4.69) is 50.4 Å². The molecule has 0 aliphatic carbocycles. The van der Waals surface area contributed by atoms with Crippen LogP contribution in [0.3, 0.4) is 0 Å². The summed E-state index contributed by atoms with van der Waals surface area (Å²) in [5.41, 5.74) is 3.05. The van der Waals surface area contributed by atoms with Gasteiger partial charge in [-0.05, 0) is 35.9 Å². The fraction of sp³-hybridized carbons (Fsp3) is 0.278. The van der Waals surface area contributed by atoms with Crippen LogP contribution in [0.25, 0.3) is 0 Å². The quantitative estimate of drug-likeness (QED) is 0.857. The van der Waals surface area contributed by atoms with E-state index in [1.54, 1.807) is 0 Å². The maximum Gasteiger partial charge on any atom is 0.251 e. The molecule has 1 N–H and O–H groups in total. The van der Waals surface area contributed by atoms with Crippen LogP contribution in [0.15, 0.2) is 53.0 Å². The number of rotatable bonds is 4. The fourth-order valence-electron chi connectivity index (χ4n) is 2.56. The second-order valence-corrected chi connectivity index (χ2v) is 7.60. The normalized spacial score (nSPS) is 14.6. The molecule has 1 fully saturated rings. The molecule has 23 heavy (non-hydrogen) atoms.